The Balaban J connectivity index is 2.36. The molecule has 2 rings (SSSR count). The summed E-state index contributed by atoms with van der Waals surface area (Å²) in [5.74, 6) is 0.510. The number of halogens is 1. The van der Waals surface area contributed by atoms with E-state index in [-0.39, 0.29) is 6.01 Å². The molecule has 0 aliphatic rings. The van der Waals surface area contributed by atoms with E-state index in [2.05, 4.69) is 31.5 Å². The molecule has 0 saturated carbocycles. The van der Waals surface area contributed by atoms with Crippen LogP contribution in [-0.2, 0) is 7.05 Å². The van der Waals surface area contributed by atoms with Gasteiger partial charge in [0.2, 0.25) is 0 Å². The lowest BCUT2D eigenvalue weighted by atomic mass is 10.3. The minimum atomic E-state index is 0.286. The molecule has 1 aromatic carbocycles. The Hall–Kier alpha value is -1.63. The van der Waals surface area contributed by atoms with E-state index in [0.29, 0.717) is 11.4 Å². The van der Waals surface area contributed by atoms with Gasteiger partial charge in [-0.05, 0) is 38.5 Å². The van der Waals surface area contributed by atoms with Crippen LogP contribution in [0.25, 0.3) is 0 Å². The molecule has 2 N–H and O–H groups in total. The van der Waals surface area contributed by atoms with Crippen LogP contribution in [-0.4, -0.2) is 20.2 Å². The molecule has 0 atom stereocenters. The third kappa shape index (κ3) is 1.91. The second kappa shape index (κ2) is 3.85. The quantitative estimate of drug-likeness (QED) is 0.833. The maximum Gasteiger partial charge on any atom is 0.340 e. The number of hydrogen-bond acceptors (Lipinski definition) is 5. The number of aryl methyl sites for hydroxylation is 1. The third-order valence-electron chi connectivity index (χ3n) is 1.77. The zero-order chi connectivity index (χ0) is 10.8. The Morgan fingerprint density at radius 3 is 2.87 bits per heavy atom. The molecular formula is C8H8BrN5O. The number of nitrogens with two attached hydrogens (primary N) is 1. The van der Waals surface area contributed by atoms with Crippen molar-refractivity contribution in [2.45, 2.75) is 0 Å². The van der Waals surface area contributed by atoms with Crippen molar-refractivity contribution in [2.75, 3.05) is 5.73 Å². The van der Waals surface area contributed by atoms with E-state index in [1.807, 2.05) is 12.1 Å². The molecule has 15 heavy (non-hydrogen) atoms. The van der Waals surface area contributed by atoms with Crippen LogP contribution in [0.15, 0.2) is 22.7 Å². The minimum Gasteiger partial charge on any atom is -0.420 e. The van der Waals surface area contributed by atoms with Gasteiger partial charge in [0.15, 0.2) is 5.75 Å². The lowest BCUT2D eigenvalue weighted by molar-refractivity contribution is 0.414. The third-order valence-corrected chi connectivity index (χ3v) is 2.40. The van der Waals surface area contributed by atoms with Crippen molar-refractivity contribution in [1.82, 2.24) is 20.2 Å². The summed E-state index contributed by atoms with van der Waals surface area (Å²) in [6.45, 7) is 0. The lowest BCUT2D eigenvalue weighted by Crippen LogP contribution is -1.99. The van der Waals surface area contributed by atoms with Gasteiger partial charge in [-0.2, -0.15) is 4.68 Å². The molecule has 0 bridgehead atoms. The van der Waals surface area contributed by atoms with Crippen LogP contribution >= 0.6 is 15.9 Å². The van der Waals surface area contributed by atoms with Crippen molar-refractivity contribution in [3.63, 3.8) is 0 Å². The van der Waals surface area contributed by atoms with E-state index in [1.54, 1.807) is 13.1 Å². The van der Waals surface area contributed by atoms with Gasteiger partial charge in [0.1, 0.15) is 0 Å². The minimum absolute atomic E-state index is 0.286. The average Bonchev–Trinajstić information content (AvgIpc) is 2.58. The van der Waals surface area contributed by atoms with Crippen molar-refractivity contribution in [3.8, 4) is 11.8 Å². The summed E-state index contributed by atoms with van der Waals surface area (Å²) in [5, 5.41) is 10.8. The molecule has 1 heterocycles. The van der Waals surface area contributed by atoms with E-state index < -0.39 is 0 Å². The fourth-order valence-corrected chi connectivity index (χ4v) is 1.49. The molecule has 0 amide bonds. The fourth-order valence-electron chi connectivity index (χ4n) is 1.03. The number of nitrogens with zero attached hydrogens (tertiary/aromatic N) is 4. The van der Waals surface area contributed by atoms with Crippen LogP contribution in [0, 0.1) is 0 Å². The topological polar surface area (TPSA) is 78.8 Å². The highest BCUT2D eigenvalue weighted by Gasteiger charge is 2.10. The Kier molecular flexibility index (Phi) is 2.55. The van der Waals surface area contributed by atoms with Crippen LogP contribution in [0.3, 0.4) is 0 Å². The summed E-state index contributed by atoms with van der Waals surface area (Å²) in [7, 11) is 1.68. The highest BCUT2D eigenvalue weighted by molar-refractivity contribution is 9.10. The van der Waals surface area contributed by atoms with Gasteiger partial charge in [-0.3, -0.25) is 0 Å². The van der Waals surface area contributed by atoms with E-state index in [9.17, 15) is 0 Å². The molecule has 0 aliphatic carbocycles. The van der Waals surface area contributed by atoms with Crippen molar-refractivity contribution in [2.24, 2.45) is 7.05 Å². The zero-order valence-electron chi connectivity index (χ0n) is 7.88. The summed E-state index contributed by atoms with van der Waals surface area (Å²) in [6, 6.07) is 5.68. The van der Waals surface area contributed by atoms with Crippen LogP contribution < -0.4 is 10.5 Å². The zero-order valence-corrected chi connectivity index (χ0v) is 9.47. The Bertz CT molecular complexity index is 463. The van der Waals surface area contributed by atoms with Crippen molar-refractivity contribution in [3.05, 3.63) is 22.7 Å². The Morgan fingerprint density at radius 1 is 1.47 bits per heavy atom. The maximum atomic E-state index is 5.76. The number of tetrazole rings is 1. The summed E-state index contributed by atoms with van der Waals surface area (Å²) in [6.07, 6.45) is 0. The molecular weight excluding hydrogens is 262 g/mol. The van der Waals surface area contributed by atoms with Gasteiger partial charge < -0.3 is 10.5 Å². The van der Waals surface area contributed by atoms with Crippen LogP contribution in [0.4, 0.5) is 5.69 Å². The van der Waals surface area contributed by atoms with E-state index in [1.165, 1.54) is 4.68 Å². The first kappa shape index (κ1) is 9.91. The number of ether oxygens (including phenoxy) is 1. The predicted octanol–water partition coefficient (Wildman–Crippen LogP) is 1.35. The number of hydrogen-bond donors (Lipinski definition) is 1. The summed E-state index contributed by atoms with van der Waals surface area (Å²) >= 11 is 3.33. The Morgan fingerprint density at radius 2 is 2.27 bits per heavy atom. The molecule has 0 aliphatic heterocycles. The summed E-state index contributed by atoms with van der Waals surface area (Å²) < 4.78 is 7.64. The number of benzene rings is 1. The van der Waals surface area contributed by atoms with E-state index in [4.69, 9.17) is 10.5 Å². The van der Waals surface area contributed by atoms with Gasteiger partial charge in [0.05, 0.1) is 10.2 Å². The first-order valence-electron chi connectivity index (χ1n) is 4.12. The van der Waals surface area contributed by atoms with E-state index in [0.717, 1.165) is 4.47 Å². The van der Waals surface area contributed by atoms with Gasteiger partial charge >= 0.3 is 6.01 Å². The first-order valence-corrected chi connectivity index (χ1v) is 4.92. The highest BCUT2D eigenvalue weighted by atomic mass is 79.9. The van der Waals surface area contributed by atoms with Crippen LogP contribution in [0.1, 0.15) is 0 Å². The van der Waals surface area contributed by atoms with Crippen molar-refractivity contribution in [1.29, 1.82) is 0 Å². The second-order valence-electron chi connectivity index (χ2n) is 2.85. The van der Waals surface area contributed by atoms with Crippen molar-refractivity contribution < 1.29 is 4.74 Å². The summed E-state index contributed by atoms with van der Waals surface area (Å²) in [4.78, 5) is 0. The lowest BCUT2D eigenvalue weighted by Gasteiger charge is -2.07. The molecule has 2 aromatic rings. The molecule has 6 nitrogen and oxygen atoms in total. The predicted molar refractivity (Wildman–Crippen MR) is 57.4 cm³/mol. The van der Waals surface area contributed by atoms with Gasteiger partial charge in [-0.1, -0.05) is 11.2 Å². The van der Waals surface area contributed by atoms with E-state index >= 15 is 0 Å². The molecule has 1 aromatic heterocycles. The number of para-hydroxylation sites is 1. The van der Waals surface area contributed by atoms with Gasteiger partial charge in [-0.15, -0.1) is 0 Å². The number of nitrogen functional groups attached to an aromatic ring is 1. The Labute approximate surface area is 94.2 Å². The standard InChI is InChI=1S/C8H8BrN5O/c1-14-8(11-12-13-14)15-7-5(9)3-2-4-6(7)10/h2-4H,10H2,1H3. The summed E-state index contributed by atoms with van der Waals surface area (Å²) in [5.41, 5.74) is 6.28. The molecule has 78 valence electrons. The van der Waals surface area contributed by atoms with Crippen LogP contribution in [0.5, 0.6) is 11.8 Å². The number of rotatable bonds is 2. The molecule has 0 unspecified atom stereocenters. The number of aromatic nitrogens is 4. The number of anilines is 1. The first-order chi connectivity index (χ1) is 7.18. The fraction of sp³-hybridized carbons (Fsp3) is 0.125. The molecule has 0 spiro atoms. The molecule has 0 fully saturated rings. The smallest absolute Gasteiger partial charge is 0.340 e. The second-order valence-corrected chi connectivity index (χ2v) is 3.70. The van der Waals surface area contributed by atoms with Crippen LogP contribution in [0.2, 0.25) is 0 Å². The molecule has 0 radical (unpaired) electrons. The van der Waals surface area contributed by atoms with Gasteiger partial charge in [0, 0.05) is 7.05 Å². The average molecular weight is 270 g/mol. The molecule has 0 saturated heterocycles. The van der Waals surface area contributed by atoms with Crippen molar-refractivity contribution >= 4 is 21.6 Å². The normalized spacial score (nSPS) is 10.3. The van der Waals surface area contributed by atoms with Gasteiger partial charge in [-0.25, -0.2) is 0 Å². The van der Waals surface area contributed by atoms with Gasteiger partial charge in [0.25, 0.3) is 0 Å². The SMILES string of the molecule is Cn1nnnc1Oc1c(N)cccc1Br. The monoisotopic (exact) mass is 269 g/mol. The maximum absolute atomic E-state index is 5.76. The largest absolute Gasteiger partial charge is 0.420 e. The molecule has 7 heteroatoms. The highest BCUT2D eigenvalue weighted by Crippen LogP contribution is 2.33.